The molecule has 20 heavy (non-hydrogen) atoms. The van der Waals surface area contributed by atoms with Crippen LogP contribution in [-0.2, 0) is 19.5 Å². The van der Waals surface area contributed by atoms with Crippen LogP contribution in [0.15, 0.2) is 28.8 Å². The molecule has 0 unspecified atom stereocenters. The molecule has 0 atom stereocenters. The Kier molecular flexibility index (Phi) is 4.68. The standard InChI is InChI=1S/C15H19N3O.ClH/c1-11-8-14(17-19-11)10-18(2)9-13-5-3-4-12-6-7-16-15(12)13;/h3-5,8,16H,6-7,9-10H2,1-2H3;1H. The zero-order valence-electron chi connectivity index (χ0n) is 11.8. The summed E-state index contributed by atoms with van der Waals surface area (Å²) in [4.78, 5) is 2.26. The number of hydrogen-bond acceptors (Lipinski definition) is 4. The van der Waals surface area contributed by atoms with Gasteiger partial charge in [0.25, 0.3) is 0 Å². The van der Waals surface area contributed by atoms with E-state index in [4.69, 9.17) is 4.52 Å². The lowest BCUT2D eigenvalue weighted by atomic mass is 10.1. The highest BCUT2D eigenvalue weighted by atomic mass is 35.5. The van der Waals surface area contributed by atoms with Gasteiger partial charge in [0.15, 0.2) is 0 Å². The number of para-hydroxylation sites is 1. The molecule has 0 spiro atoms. The fourth-order valence-corrected chi connectivity index (χ4v) is 2.66. The highest BCUT2D eigenvalue weighted by Gasteiger charge is 2.15. The van der Waals surface area contributed by atoms with Crippen LogP contribution in [0.2, 0.25) is 0 Å². The van der Waals surface area contributed by atoms with Crippen LogP contribution in [0.4, 0.5) is 5.69 Å². The number of nitrogens with zero attached hydrogens (tertiary/aromatic N) is 2. The molecule has 1 aliphatic heterocycles. The van der Waals surface area contributed by atoms with Gasteiger partial charge < -0.3 is 9.84 Å². The minimum atomic E-state index is 0. The third-order valence-electron chi connectivity index (χ3n) is 3.48. The Morgan fingerprint density at radius 2 is 2.20 bits per heavy atom. The monoisotopic (exact) mass is 293 g/mol. The molecule has 0 amide bonds. The summed E-state index contributed by atoms with van der Waals surface area (Å²) in [6.07, 6.45) is 1.13. The second kappa shape index (κ2) is 6.29. The van der Waals surface area contributed by atoms with Gasteiger partial charge in [-0.25, -0.2) is 0 Å². The van der Waals surface area contributed by atoms with Crippen molar-refractivity contribution in [2.24, 2.45) is 0 Å². The second-order valence-electron chi connectivity index (χ2n) is 5.23. The molecule has 1 N–H and O–H groups in total. The Morgan fingerprint density at radius 3 is 2.95 bits per heavy atom. The number of halogens is 1. The van der Waals surface area contributed by atoms with Crippen LogP contribution >= 0.6 is 12.4 Å². The first kappa shape index (κ1) is 14.9. The molecular weight excluding hydrogens is 274 g/mol. The topological polar surface area (TPSA) is 41.3 Å². The third-order valence-corrected chi connectivity index (χ3v) is 3.48. The molecule has 0 bridgehead atoms. The summed E-state index contributed by atoms with van der Waals surface area (Å²) >= 11 is 0. The number of anilines is 1. The summed E-state index contributed by atoms with van der Waals surface area (Å²) < 4.78 is 5.10. The predicted molar refractivity (Wildman–Crippen MR) is 82.3 cm³/mol. The van der Waals surface area contributed by atoms with Crippen LogP contribution in [0.1, 0.15) is 22.6 Å². The summed E-state index contributed by atoms with van der Waals surface area (Å²) in [5.74, 6) is 0.866. The van der Waals surface area contributed by atoms with E-state index in [9.17, 15) is 0 Å². The van der Waals surface area contributed by atoms with E-state index in [2.05, 4.69) is 40.6 Å². The van der Waals surface area contributed by atoms with Gasteiger partial charge in [0.1, 0.15) is 5.76 Å². The Labute approximate surface area is 125 Å². The minimum Gasteiger partial charge on any atom is -0.384 e. The summed E-state index contributed by atoms with van der Waals surface area (Å²) in [5, 5.41) is 7.52. The SMILES string of the molecule is Cc1cc(CN(C)Cc2cccc3c2NCC3)no1.Cl. The molecule has 4 nitrogen and oxygen atoms in total. The lowest BCUT2D eigenvalue weighted by Gasteiger charge is -2.17. The zero-order chi connectivity index (χ0) is 13.2. The summed E-state index contributed by atoms with van der Waals surface area (Å²) in [6.45, 7) is 4.70. The molecule has 0 aliphatic carbocycles. The zero-order valence-corrected chi connectivity index (χ0v) is 12.7. The molecule has 2 heterocycles. The average molecular weight is 294 g/mol. The van der Waals surface area contributed by atoms with Crippen LogP contribution in [0.25, 0.3) is 0 Å². The van der Waals surface area contributed by atoms with Crippen molar-refractivity contribution < 1.29 is 4.52 Å². The minimum absolute atomic E-state index is 0. The van der Waals surface area contributed by atoms with Crippen LogP contribution in [0, 0.1) is 6.92 Å². The highest BCUT2D eigenvalue weighted by molar-refractivity contribution is 5.85. The molecule has 1 aliphatic rings. The van der Waals surface area contributed by atoms with Gasteiger partial charge in [0, 0.05) is 31.4 Å². The quantitative estimate of drug-likeness (QED) is 0.941. The molecule has 0 saturated carbocycles. The van der Waals surface area contributed by atoms with Gasteiger partial charge in [-0.15, -0.1) is 12.4 Å². The number of hydrogen-bond donors (Lipinski definition) is 1. The van der Waals surface area contributed by atoms with Gasteiger partial charge in [-0.2, -0.15) is 0 Å². The highest BCUT2D eigenvalue weighted by Crippen LogP contribution is 2.27. The molecule has 0 saturated heterocycles. The molecule has 0 radical (unpaired) electrons. The summed E-state index contributed by atoms with van der Waals surface area (Å²) in [5.41, 5.74) is 5.10. The molecule has 0 fully saturated rings. The van der Waals surface area contributed by atoms with Crippen molar-refractivity contribution in [1.29, 1.82) is 0 Å². The molecular formula is C15H20ClN3O. The third kappa shape index (κ3) is 3.14. The second-order valence-corrected chi connectivity index (χ2v) is 5.23. The maximum atomic E-state index is 5.10. The Morgan fingerprint density at radius 1 is 1.35 bits per heavy atom. The Balaban J connectivity index is 0.00000147. The van der Waals surface area contributed by atoms with Crippen molar-refractivity contribution in [2.75, 3.05) is 18.9 Å². The van der Waals surface area contributed by atoms with Crippen molar-refractivity contribution >= 4 is 18.1 Å². The fraction of sp³-hybridized carbons (Fsp3) is 0.400. The summed E-state index contributed by atoms with van der Waals surface area (Å²) in [7, 11) is 2.11. The van der Waals surface area contributed by atoms with E-state index in [1.54, 1.807) is 0 Å². The lowest BCUT2D eigenvalue weighted by molar-refractivity contribution is 0.302. The number of nitrogens with one attached hydrogen (secondary N) is 1. The van der Waals surface area contributed by atoms with Crippen LogP contribution in [0.5, 0.6) is 0 Å². The first-order chi connectivity index (χ1) is 9.22. The first-order valence-electron chi connectivity index (χ1n) is 6.68. The van der Waals surface area contributed by atoms with E-state index in [1.807, 2.05) is 13.0 Å². The molecule has 2 aromatic rings. The van der Waals surface area contributed by atoms with Crippen LogP contribution < -0.4 is 5.32 Å². The predicted octanol–water partition coefficient (Wildman–Crippen LogP) is 3.00. The molecule has 108 valence electrons. The lowest BCUT2D eigenvalue weighted by Crippen LogP contribution is -2.18. The van der Waals surface area contributed by atoms with Gasteiger partial charge in [-0.3, -0.25) is 4.90 Å². The van der Waals surface area contributed by atoms with Gasteiger partial charge in [-0.05, 0) is 31.5 Å². The average Bonchev–Trinajstić information content (AvgIpc) is 2.98. The number of benzene rings is 1. The van der Waals surface area contributed by atoms with Crippen LogP contribution in [-0.4, -0.2) is 23.6 Å². The van der Waals surface area contributed by atoms with E-state index < -0.39 is 0 Å². The maximum absolute atomic E-state index is 5.10. The van der Waals surface area contributed by atoms with E-state index in [0.29, 0.717) is 0 Å². The molecule has 3 rings (SSSR count). The number of aryl methyl sites for hydroxylation is 1. The number of aromatic nitrogens is 1. The largest absolute Gasteiger partial charge is 0.384 e. The van der Waals surface area contributed by atoms with Gasteiger partial charge in [0.2, 0.25) is 0 Å². The first-order valence-corrected chi connectivity index (χ1v) is 6.68. The van der Waals surface area contributed by atoms with Crippen molar-refractivity contribution in [3.8, 4) is 0 Å². The molecule has 1 aromatic carbocycles. The molecule has 1 aromatic heterocycles. The number of rotatable bonds is 4. The van der Waals surface area contributed by atoms with Crippen molar-refractivity contribution in [3.63, 3.8) is 0 Å². The van der Waals surface area contributed by atoms with Gasteiger partial charge >= 0.3 is 0 Å². The van der Waals surface area contributed by atoms with Gasteiger partial charge in [-0.1, -0.05) is 23.4 Å². The van der Waals surface area contributed by atoms with E-state index >= 15 is 0 Å². The molecule has 5 heteroatoms. The Hall–Kier alpha value is -1.52. The maximum Gasteiger partial charge on any atom is 0.133 e. The van der Waals surface area contributed by atoms with E-state index in [0.717, 1.165) is 37.5 Å². The fourth-order valence-electron chi connectivity index (χ4n) is 2.66. The normalized spacial score (nSPS) is 12.9. The van der Waals surface area contributed by atoms with Crippen molar-refractivity contribution in [1.82, 2.24) is 10.1 Å². The Bertz CT molecular complexity index is 582. The summed E-state index contributed by atoms with van der Waals surface area (Å²) in [6, 6.07) is 8.54. The van der Waals surface area contributed by atoms with E-state index in [1.165, 1.54) is 16.8 Å². The van der Waals surface area contributed by atoms with Crippen LogP contribution in [0.3, 0.4) is 0 Å². The van der Waals surface area contributed by atoms with Crippen molar-refractivity contribution in [2.45, 2.75) is 26.4 Å². The number of fused-ring (bicyclic) bond motifs is 1. The van der Waals surface area contributed by atoms with Gasteiger partial charge in [0.05, 0.1) is 5.69 Å². The van der Waals surface area contributed by atoms with Crippen molar-refractivity contribution in [3.05, 3.63) is 46.8 Å². The smallest absolute Gasteiger partial charge is 0.133 e. The van der Waals surface area contributed by atoms with E-state index in [-0.39, 0.29) is 12.4 Å².